The molecule has 30 heavy (non-hydrogen) atoms. The van der Waals surface area contributed by atoms with Crippen LogP contribution in [0.2, 0.25) is 0 Å². The topological polar surface area (TPSA) is 55.6 Å². The van der Waals surface area contributed by atoms with E-state index in [1.165, 1.54) is 11.1 Å². The van der Waals surface area contributed by atoms with Gasteiger partial charge >= 0.3 is 0 Å². The average molecular weight is 468 g/mol. The molecule has 0 radical (unpaired) electrons. The van der Waals surface area contributed by atoms with Crippen molar-refractivity contribution in [2.45, 2.75) is 34.6 Å². The van der Waals surface area contributed by atoms with E-state index in [1.54, 1.807) is 6.21 Å². The minimum Gasteiger partial charge on any atom is -0.483 e. The maximum atomic E-state index is 12.1. The Morgan fingerprint density at radius 1 is 1.07 bits per heavy atom. The Bertz CT molecular complexity index is 1100. The van der Waals surface area contributed by atoms with E-state index >= 15 is 0 Å². The molecule has 3 rings (SSSR count). The van der Waals surface area contributed by atoms with Crippen molar-refractivity contribution >= 4 is 28.1 Å². The van der Waals surface area contributed by atoms with Gasteiger partial charge in [0, 0.05) is 27.1 Å². The molecule has 6 heteroatoms. The molecule has 0 bridgehead atoms. The van der Waals surface area contributed by atoms with Gasteiger partial charge in [-0.2, -0.15) is 5.10 Å². The van der Waals surface area contributed by atoms with Crippen molar-refractivity contribution in [3.05, 3.63) is 80.6 Å². The standard InChI is InChI=1S/C24H26BrN3O2/c1-15-10-16(2)12-20(11-15)28-18(4)21(24(25)19(28)5)13-26-27-23(29)14-30-22-9-7-6-8-17(22)3/h6-13H,14H2,1-5H3,(H,27,29)/b26-13-. The van der Waals surface area contributed by atoms with Gasteiger partial charge in [-0.05, 0) is 85.4 Å². The first kappa shape index (κ1) is 21.8. The molecule has 1 heterocycles. The lowest BCUT2D eigenvalue weighted by molar-refractivity contribution is -0.123. The van der Waals surface area contributed by atoms with Gasteiger partial charge in [0.25, 0.3) is 5.91 Å². The van der Waals surface area contributed by atoms with Crippen LogP contribution in [0.1, 0.15) is 33.6 Å². The van der Waals surface area contributed by atoms with Crippen LogP contribution in [0.3, 0.4) is 0 Å². The first-order chi connectivity index (χ1) is 14.3. The van der Waals surface area contributed by atoms with Crippen LogP contribution in [0.4, 0.5) is 0 Å². The highest BCUT2D eigenvalue weighted by Gasteiger charge is 2.16. The SMILES string of the molecule is Cc1cc(C)cc(-n2c(C)c(Br)c(/C=N\NC(=O)COc3ccccc3C)c2C)c1. The number of hydrazone groups is 1. The normalized spacial score (nSPS) is 11.1. The van der Waals surface area contributed by atoms with Gasteiger partial charge in [-0.1, -0.05) is 24.3 Å². The van der Waals surface area contributed by atoms with Gasteiger partial charge in [0.15, 0.2) is 6.61 Å². The fourth-order valence-corrected chi connectivity index (χ4v) is 4.07. The number of benzene rings is 2. The minimum atomic E-state index is -0.311. The molecular weight excluding hydrogens is 442 g/mol. The van der Waals surface area contributed by atoms with Crippen LogP contribution in [0.15, 0.2) is 52.0 Å². The molecule has 0 aliphatic carbocycles. The third-order valence-electron chi connectivity index (χ3n) is 4.91. The second-order valence-corrected chi connectivity index (χ2v) is 8.22. The number of nitrogens with zero attached hydrogens (tertiary/aromatic N) is 2. The van der Waals surface area contributed by atoms with Gasteiger partial charge in [-0.15, -0.1) is 0 Å². The highest BCUT2D eigenvalue weighted by atomic mass is 79.9. The second kappa shape index (κ2) is 9.30. The lowest BCUT2D eigenvalue weighted by Crippen LogP contribution is -2.24. The van der Waals surface area contributed by atoms with E-state index in [0.717, 1.165) is 32.7 Å². The van der Waals surface area contributed by atoms with Gasteiger partial charge in [0.2, 0.25) is 0 Å². The highest BCUT2D eigenvalue weighted by molar-refractivity contribution is 9.10. The summed E-state index contributed by atoms with van der Waals surface area (Å²) in [5, 5.41) is 4.13. The zero-order chi connectivity index (χ0) is 21.8. The third-order valence-corrected chi connectivity index (χ3v) is 5.92. The van der Waals surface area contributed by atoms with Gasteiger partial charge in [0.1, 0.15) is 5.75 Å². The van der Waals surface area contributed by atoms with Gasteiger partial charge < -0.3 is 9.30 Å². The Morgan fingerprint density at radius 2 is 1.73 bits per heavy atom. The van der Waals surface area contributed by atoms with E-state index in [0.29, 0.717) is 5.75 Å². The zero-order valence-electron chi connectivity index (χ0n) is 17.9. The van der Waals surface area contributed by atoms with Crippen LogP contribution in [0.5, 0.6) is 5.75 Å². The van der Waals surface area contributed by atoms with Crippen LogP contribution >= 0.6 is 15.9 Å². The van der Waals surface area contributed by atoms with E-state index in [4.69, 9.17) is 4.74 Å². The zero-order valence-corrected chi connectivity index (χ0v) is 19.5. The average Bonchev–Trinajstić information content (AvgIpc) is 2.89. The molecule has 0 aliphatic rings. The molecule has 0 atom stereocenters. The number of ether oxygens (including phenoxy) is 1. The summed E-state index contributed by atoms with van der Waals surface area (Å²) in [5.74, 6) is 0.380. The first-order valence-corrected chi connectivity index (χ1v) is 10.5. The van der Waals surface area contributed by atoms with Crippen LogP contribution in [0.25, 0.3) is 5.69 Å². The molecular formula is C24H26BrN3O2. The summed E-state index contributed by atoms with van der Waals surface area (Å²) in [7, 11) is 0. The Labute approximate surface area is 185 Å². The molecule has 0 saturated carbocycles. The summed E-state index contributed by atoms with van der Waals surface area (Å²) in [6.45, 7) is 10.1. The van der Waals surface area contributed by atoms with E-state index in [9.17, 15) is 4.79 Å². The summed E-state index contributed by atoms with van der Waals surface area (Å²) >= 11 is 3.67. The number of aryl methyl sites for hydroxylation is 3. The number of amides is 1. The maximum Gasteiger partial charge on any atom is 0.277 e. The number of carbonyl (C=O) groups excluding carboxylic acids is 1. The lowest BCUT2D eigenvalue weighted by Gasteiger charge is -2.11. The fraction of sp³-hybridized carbons (Fsp3) is 0.250. The largest absolute Gasteiger partial charge is 0.483 e. The molecule has 0 spiro atoms. The molecule has 0 saturated heterocycles. The summed E-state index contributed by atoms with van der Waals surface area (Å²) < 4.78 is 8.69. The molecule has 156 valence electrons. The van der Waals surface area contributed by atoms with Gasteiger partial charge in [-0.3, -0.25) is 4.79 Å². The van der Waals surface area contributed by atoms with Crippen molar-refractivity contribution in [3.8, 4) is 11.4 Å². The molecule has 0 unspecified atom stereocenters. The Balaban J connectivity index is 1.73. The van der Waals surface area contributed by atoms with Crippen LogP contribution in [-0.4, -0.2) is 23.3 Å². The molecule has 1 amide bonds. The summed E-state index contributed by atoms with van der Waals surface area (Å²) in [4.78, 5) is 12.1. The van der Waals surface area contributed by atoms with E-state index in [-0.39, 0.29) is 12.5 Å². The number of aromatic nitrogens is 1. The van der Waals surface area contributed by atoms with Crippen molar-refractivity contribution in [2.24, 2.45) is 5.10 Å². The monoisotopic (exact) mass is 467 g/mol. The van der Waals surface area contributed by atoms with Crippen LogP contribution in [0, 0.1) is 34.6 Å². The van der Waals surface area contributed by atoms with Crippen molar-refractivity contribution in [1.29, 1.82) is 0 Å². The second-order valence-electron chi connectivity index (χ2n) is 7.43. The summed E-state index contributed by atoms with van der Waals surface area (Å²) in [5.41, 5.74) is 10.1. The number of halogens is 1. The van der Waals surface area contributed by atoms with Crippen LogP contribution < -0.4 is 10.2 Å². The van der Waals surface area contributed by atoms with E-state index < -0.39 is 0 Å². The Hall–Kier alpha value is -2.86. The summed E-state index contributed by atoms with van der Waals surface area (Å²) in [6, 6.07) is 14.1. The number of nitrogens with one attached hydrogen (secondary N) is 1. The number of carbonyl (C=O) groups is 1. The Morgan fingerprint density at radius 3 is 2.40 bits per heavy atom. The molecule has 5 nitrogen and oxygen atoms in total. The number of hydrogen-bond acceptors (Lipinski definition) is 3. The van der Waals surface area contributed by atoms with Crippen molar-refractivity contribution in [1.82, 2.24) is 9.99 Å². The molecule has 1 N–H and O–H groups in total. The molecule has 2 aromatic carbocycles. The van der Waals surface area contributed by atoms with Gasteiger partial charge in [-0.25, -0.2) is 5.43 Å². The molecule has 3 aromatic rings. The molecule has 0 fully saturated rings. The van der Waals surface area contributed by atoms with Crippen molar-refractivity contribution in [3.63, 3.8) is 0 Å². The smallest absolute Gasteiger partial charge is 0.277 e. The van der Waals surface area contributed by atoms with Crippen molar-refractivity contribution < 1.29 is 9.53 Å². The number of para-hydroxylation sites is 1. The quantitative estimate of drug-likeness (QED) is 0.394. The lowest BCUT2D eigenvalue weighted by atomic mass is 10.1. The van der Waals surface area contributed by atoms with Crippen LogP contribution in [-0.2, 0) is 4.79 Å². The minimum absolute atomic E-state index is 0.0923. The highest BCUT2D eigenvalue weighted by Crippen LogP contribution is 2.30. The predicted molar refractivity (Wildman–Crippen MR) is 125 cm³/mol. The molecule has 1 aromatic heterocycles. The summed E-state index contributed by atoms with van der Waals surface area (Å²) in [6.07, 6.45) is 1.66. The van der Waals surface area contributed by atoms with E-state index in [1.807, 2.05) is 38.1 Å². The first-order valence-electron chi connectivity index (χ1n) is 9.74. The number of rotatable bonds is 6. The van der Waals surface area contributed by atoms with Gasteiger partial charge in [0.05, 0.1) is 6.21 Å². The Kier molecular flexibility index (Phi) is 6.77. The number of hydrogen-bond donors (Lipinski definition) is 1. The maximum absolute atomic E-state index is 12.1. The van der Waals surface area contributed by atoms with E-state index in [2.05, 4.69) is 70.0 Å². The predicted octanol–water partition coefficient (Wildman–Crippen LogP) is 5.31. The fourth-order valence-electron chi connectivity index (χ4n) is 3.50. The molecule has 0 aliphatic heterocycles. The van der Waals surface area contributed by atoms with Crippen molar-refractivity contribution in [2.75, 3.05) is 6.61 Å². The third kappa shape index (κ3) is 4.82.